The monoisotopic (exact) mass is 530 g/mol. The second kappa shape index (κ2) is 9.99. The molecule has 200 valence electrons. The number of benzene rings is 1. The van der Waals surface area contributed by atoms with Crippen molar-refractivity contribution in [1.29, 1.82) is 0 Å². The van der Waals surface area contributed by atoms with E-state index in [4.69, 9.17) is 14.2 Å². The van der Waals surface area contributed by atoms with Crippen LogP contribution in [0.3, 0.4) is 0 Å². The maximum absolute atomic E-state index is 13.1. The first-order valence-corrected chi connectivity index (χ1v) is 12.0. The summed E-state index contributed by atoms with van der Waals surface area (Å²) in [6, 6.07) is 5.18. The number of fused-ring (bicyclic) bond motifs is 1. The molecule has 1 saturated heterocycles. The highest BCUT2D eigenvalue weighted by Gasteiger charge is 2.43. The van der Waals surface area contributed by atoms with Crippen molar-refractivity contribution in [2.45, 2.75) is 44.0 Å². The number of urea groups is 1. The molecule has 2 aliphatic rings. The van der Waals surface area contributed by atoms with Gasteiger partial charge in [-0.1, -0.05) is 0 Å². The molecule has 0 N–H and O–H groups in total. The van der Waals surface area contributed by atoms with Crippen LogP contribution in [0.1, 0.15) is 31.2 Å². The van der Waals surface area contributed by atoms with Gasteiger partial charge < -0.3 is 14.2 Å². The smallest absolute Gasteiger partial charge is 0.417 e. The number of aromatic nitrogens is 2. The van der Waals surface area contributed by atoms with E-state index in [0.717, 1.165) is 27.4 Å². The first-order valence-electron chi connectivity index (χ1n) is 12.0. The minimum Gasteiger partial charge on any atom is -0.493 e. The first-order chi connectivity index (χ1) is 18.2. The number of pyridine rings is 2. The molecule has 0 bridgehead atoms. The normalized spacial score (nSPS) is 20.2. The lowest BCUT2D eigenvalue weighted by molar-refractivity contribution is -0.137. The molecule has 9 nitrogen and oxygen atoms in total. The molecular formula is C26H25F3N4O5. The van der Waals surface area contributed by atoms with Crippen LogP contribution in [0.15, 0.2) is 42.9 Å². The van der Waals surface area contributed by atoms with Crippen molar-refractivity contribution in [3.05, 3.63) is 48.4 Å². The van der Waals surface area contributed by atoms with E-state index in [1.807, 2.05) is 0 Å². The van der Waals surface area contributed by atoms with Crippen LogP contribution in [-0.2, 0) is 11.0 Å². The zero-order valence-corrected chi connectivity index (χ0v) is 20.7. The van der Waals surface area contributed by atoms with E-state index in [1.54, 1.807) is 38.6 Å². The van der Waals surface area contributed by atoms with Crippen LogP contribution in [-0.4, -0.2) is 59.7 Å². The van der Waals surface area contributed by atoms with E-state index in [0.29, 0.717) is 54.6 Å². The molecule has 0 radical (unpaired) electrons. The number of hydrogen-bond acceptors (Lipinski definition) is 7. The Labute approximate surface area is 216 Å². The molecule has 1 aliphatic carbocycles. The van der Waals surface area contributed by atoms with Crippen LogP contribution in [0.5, 0.6) is 17.2 Å². The fourth-order valence-corrected chi connectivity index (χ4v) is 4.96. The number of ether oxygens (including phenoxy) is 3. The van der Waals surface area contributed by atoms with Gasteiger partial charge >= 0.3 is 12.2 Å². The van der Waals surface area contributed by atoms with Crippen LogP contribution in [0.25, 0.3) is 10.9 Å². The van der Waals surface area contributed by atoms with E-state index in [1.165, 1.54) is 0 Å². The number of alkyl halides is 3. The number of methoxy groups -OCH3 is 2. The maximum atomic E-state index is 13.1. The Hall–Kier alpha value is -4.09. The SMILES string of the molecule is COc1cc2nccc(O[C@H]3CC[C@H](N4C(=O)CN(c5cncc(C(F)(F)F)c5)C4=O)CC3)c2cc1OC. The van der Waals surface area contributed by atoms with Crippen LogP contribution in [0.2, 0.25) is 0 Å². The highest BCUT2D eigenvalue weighted by Crippen LogP contribution is 2.38. The van der Waals surface area contributed by atoms with Gasteiger partial charge in [-0.2, -0.15) is 13.2 Å². The van der Waals surface area contributed by atoms with Crippen molar-refractivity contribution in [3.63, 3.8) is 0 Å². The van der Waals surface area contributed by atoms with Gasteiger partial charge in [0.15, 0.2) is 11.5 Å². The molecule has 2 aromatic heterocycles. The predicted molar refractivity (Wildman–Crippen MR) is 130 cm³/mol. The van der Waals surface area contributed by atoms with Crippen molar-refractivity contribution in [2.75, 3.05) is 25.7 Å². The molecule has 38 heavy (non-hydrogen) atoms. The Kier molecular flexibility index (Phi) is 6.72. The number of anilines is 1. The number of carbonyl (C=O) groups excluding carboxylic acids is 2. The lowest BCUT2D eigenvalue weighted by Gasteiger charge is -2.33. The third kappa shape index (κ3) is 4.77. The summed E-state index contributed by atoms with van der Waals surface area (Å²) in [5.74, 6) is 1.29. The largest absolute Gasteiger partial charge is 0.493 e. The van der Waals surface area contributed by atoms with Crippen molar-refractivity contribution in [1.82, 2.24) is 14.9 Å². The molecule has 1 aromatic carbocycles. The zero-order valence-electron chi connectivity index (χ0n) is 20.7. The lowest BCUT2D eigenvalue weighted by Crippen LogP contribution is -2.44. The lowest BCUT2D eigenvalue weighted by atomic mass is 9.92. The number of amides is 3. The Morgan fingerprint density at radius 3 is 2.34 bits per heavy atom. The third-order valence-corrected chi connectivity index (χ3v) is 6.87. The van der Waals surface area contributed by atoms with Gasteiger partial charge in [0, 0.05) is 29.9 Å². The van der Waals surface area contributed by atoms with Gasteiger partial charge in [-0.05, 0) is 43.9 Å². The number of halogens is 3. The molecule has 0 atom stereocenters. The number of carbonyl (C=O) groups is 2. The van der Waals surface area contributed by atoms with E-state index in [9.17, 15) is 22.8 Å². The Morgan fingerprint density at radius 1 is 0.947 bits per heavy atom. The highest BCUT2D eigenvalue weighted by molar-refractivity contribution is 6.12. The van der Waals surface area contributed by atoms with Gasteiger partial charge in [-0.3, -0.25) is 24.6 Å². The van der Waals surface area contributed by atoms with Crippen molar-refractivity contribution >= 4 is 28.5 Å². The quantitative estimate of drug-likeness (QED) is 0.422. The minimum atomic E-state index is -4.61. The first kappa shape index (κ1) is 25.6. The standard InChI is InChI=1S/C26H25F3N4O5/c1-36-22-10-19-20(11-23(22)37-2)31-8-7-21(19)38-18-5-3-16(4-6-18)33-24(34)14-32(25(33)35)17-9-15(12-30-13-17)26(27,28)29/h7-13,16,18H,3-6,14H2,1-2H3/t16-,18-. The number of imide groups is 1. The minimum absolute atomic E-state index is 0.0608. The third-order valence-electron chi connectivity index (χ3n) is 6.87. The van der Waals surface area contributed by atoms with Crippen LogP contribution in [0.4, 0.5) is 23.7 Å². The predicted octanol–water partition coefficient (Wildman–Crippen LogP) is 4.82. The molecule has 1 saturated carbocycles. The van der Waals surface area contributed by atoms with E-state index in [2.05, 4.69) is 9.97 Å². The molecular weight excluding hydrogens is 505 g/mol. The van der Waals surface area contributed by atoms with Gasteiger partial charge in [0.2, 0.25) is 0 Å². The summed E-state index contributed by atoms with van der Waals surface area (Å²) in [6.07, 6.45) is 0.921. The fourth-order valence-electron chi connectivity index (χ4n) is 4.96. The summed E-state index contributed by atoms with van der Waals surface area (Å²) in [6.45, 7) is -0.327. The maximum Gasteiger partial charge on any atom is 0.417 e. The van der Waals surface area contributed by atoms with E-state index < -0.39 is 23.7 Å². The van der Waals surface area contributed by atoms with E-state index in [-0.39, 0.29) is 24.4 Å². The highest BCUT2D eigenvalue weighted by atomic mass is 19.4. The number of nitrogens with zero attached hydrogens (tertiary/aromatic N) is 4. The summed E-state index contributed by atoms with van der Waals surface area (Å²) in [5.41, 5.74) is -0.355. The number of hydrogen-bond donors (Lipinski definition) is 0. The molecule has 2 fully saturated rings. The Bertz CT molecular complexity index is 1370. The van der Waals surface area contributed by atoms with Gasteiger partial charge in [0.25, 0.3) is 5.91 Å². The summed E-state index contributed by atoms with van der Waals surface area (Å²) >= 11 is 0. The fraction of sp³-hybridized carbons (Fsp3) is 0.385. The van der Waals surface area contributed by atoms with Crippen LogP contribution >= 0.6 is 0 Å². The zero-order chi connectivity index (χ0) is 27.0. The average molecular weight is 531 g/mol. The molecule has 12 heteroatoms. The second-order valence-corrected chi connectivity index (χ2v) is 9.14. The molecule has 3 aromatic rings. The van der Waals surface area contributed by atoms with Gasteiger partial charge in [-0.15, -0.1) is 0 Å². The molecule has 5 rings (SSSR count). The molecule has 1 aliphatic heterocycles. The van der Waals surface area contributed by atoms with E-state index >= 15 is 0 Å². The molecule has 3 heterocycles. The Morgan fingerprint density at radius 2 is 1.66 bits per heavy atom. The molecule has 3 amide bonds. The topological polar surface area (TPSA) is 94.1 Å². The van der Waals surface area contributed by atoms with Crippen LogP contribution in [0, 0.1) is 0 Å². The summed E-state index contributed by atoms with van der Waals surface area (Å²) in [4.78, 5) is 36.0. The Balaban J connectivity index is 1.27. The van der Waals surface area contributed by atoms with Crippen LogP contribution < -0.4 is 19.1 Å². The van der Waals surface area contributed by atoms with Crippen molar-refractivity contribution < 1.29 is 37.0 Å². The van der Waals surface area contributed by atoms with Gasteiger partial charge in [-0.25, -0.2) is 4.79 Å². The second-order valence-electron chi connectivity index (χ2n) is 9.14. The van der Waals surface area contributed by atoms with Gasteiger partial charge in [0.05, 0.1) is 43.3 Å². The summed E-state index contributed by atoms with van der Waals surface area (Å²) < 4.78 is 56.3. The summed E-state index contributed by atoms with van der Waals surface area (Å²) in [5, 5.41) is 0.766. The molecule has 0 spiro atoms. The van der Waals surface area contributed by atoms with Crippen molar-refractivity contribution in [3.8, 4) is 17.2 Å². The number of rotatable bonds is 6. The van der Waals surface area contributed by atoms with Gasteiger partial charge in [0.1, 0.15) is 12.3 Å². The molecule has 0 unspecified atom stereocenters. The van der Waals surface area contributed by atoms with Crippen molar-refractivity contribution in [2.24, 2.45) is 0 Å². The average Bonchev–Trinajstić information content (AvgIpc) is 3.21. The summed E-state index contributed by atoms with van der Waals surface area (Å²) in [7, 11) is 3.10.